The van der Waals surface area contributed by atoms with Crippen molar-refractivity contribution in [1.29, 1.82) is 5.26 Å². The number of hydrogen-bond acceptors (Lipinski definition) is 5. The molecule has 0 aliphatic carbocycles. The molecule has 1 N–H and O–H groups in total. The van der Waals surface area contributed by atoms with E-state index in [1.54, 1.807) is 24.3 Å². The summed E-state index contributed by atoms with van der Waals surface area (Å²) in [4.78, 5) is 22.7. The largest absolute Gasteiger partial charge is 0.464 e. The van der Waals surface area contributed by atoms with Crippen molar-refractivity contribution in [1.82, 2.24) is 0 Å². The molecule has 1 saturated heterocycles. The van der Waals surface area contributed by atoms with Crippen molar-refractivity contribution in [3.05, 3.63) is 29.8 Å². The molecular weight excluding hydrogens is 256 g/mol. The zero-order valence-corrected chi connectivity index (χ0v) is 11.1. The van der Waals surface area contributed by atoms with Gasteiger partial charge in [0.25, 0.3) is 0 Å². The van der Waals surface area contributed by atoms with E-state index in [9.17, 15) is 9.59 Å². The lowest BCUT2D eigenvalue weighted by atomic mass is 9.86. The van der Waals surface area contributed by atoms with E-state index in [1.807, 2.05) is 6.07 Å². The Morgan fingerprint density at radius 1 is 1.40 bits per heavy atom. The summed E-state index contributed by atoms with van der Waals surface area (Å²) < 4.78 is 5.14. The zero-order chi connectivity index (χ0) is 14.4. The van der Waals surface area contributed by atoms with Crippen LogP contribution in [0.5, 0.6) is 0 Å². The van der Waals surface area contributed by atoms with Gasteiger partial charge in [0.15, 0.2) is 0 Å². The summed E-state index contributed by atoms with van der Waals surface area (Å²) in [5, 5.41) is 12.0. The van der Waals surface area contributed by atoms with Gasteiger partial charge in [0.05, 0.1) is 18.2 Å². The second kappa shape index (κ2) is 6.20. The number of nitrogens with zero attached hydrogens (tertiary/aromatic N) is 1. The molecule has 2 rings (SSSR count). The molecule has 5 nitrogen and oxygen atoms in total. The van der Waals surface area contributed by atoms with Crippen LogP contribution in [0, 0.1) is 11.3 Å². The van der Waals surface area contributed by atoms with Crippen LogP contribution < -0.4 is 5.32 Å². The van der Waals surface area contributed by atoms with Crippen LogP contribution in [0.3, 0.4) is 0 Å². The highest BCUT2D eigenvalue weighted by molar-refractivity contribution is 5.85. The average Bonchev–Trinajstić information content (AvgIpc) is 2.49. The third kappa shape index (κ3) is 2.97. The number of aldehydes is 1. The Morgan fingerprint density at radius 3 is 2.75 bits per heavy atom. The molecule has 0 aromatic heterocycles. The number of carbonyl (C=O) groups is 2. The fraction of sp³-hybridized carbons (Fsp3) is 0.400. The quantitative estimate of drug-likeness (QED) is 0.655. The van der Waals surface area contributed by atoms with E-state index < -0.39 is 5.54 Å². The van der Waals surface area contributed by atoms with Gasteiger partial charge in [-0.05, 0) is 43.5 Å². The minimum atomic E-state index is -0.840. The molecule has 1 heterocycles. The zero-order valence-electron chi connectivity index (χ0n) is 11.1. The lowest BCUT2D eigenvalue weighted by molar-refractivity contribution is -0.153. The van der Waals surface area contributed by atoms with E-state index in [-0.39, 0.29) is 5.97 Å². The molecule has 104 valence electrons. The van der Waals surface area contributed by atoms with Crippen molar-refractivity contribution in [3.63, 3.8) is 0 Å². The highest BCUT2D eigenvalue weighted by atomic mass is 16.5. The first-order chi connectivity index (χ1) is 9.70. The van der Waals surface area contributed by atoms with Gasteiger partial charge in [0.2, 0.25) is 0 Å². The molecular formula is C15H16N2O3. The van der Waals surface area contributed by atoms with E-state index in [2.05, 4.69) is 5.32 Å². The van der Waals surface area contributed by atoms with Crippen LogP contribution in [0.1, 0.15) is 31.2 Å². The first kappa shape index (κ1) is 14.1. The number of rotatable bonds is 5. The smallest absolute Gasteiger partial charge is 0.331 e. The van der Waals surface area contributed by atoms with Crippen molar-refractivity contribution in [2.45, 2.75) is 31.2 Å². The van der Waals surface area contributed by atoms with Gasteiger partial charge in [-0.15, -0.1) is 0 Å². The molecule has 1 atom stereocenters. The third-order valence-electron chi connectivity index (χ3n) is 3.46. The van der Waals surface area contributed by atoms with Gasteiger partial charge in [-0.3, -0.25) is 0 Å². The number of carbonyl (C=O) groups excluding carboxylic acids is 2. The number of hydrogen-bond donors (Lipinski definition) is 1. The van der Waals surface area contributed by atoms with Crippen LogP contribution in [0.25, 0.3) is 0 Å². The Hall–Kier alpha value is -2.35. The summed E-state index contributed by atoms with van der Waals surface area (Å²) in [7, 11) is 0. The van der Waals surface area contributed by atoms with Crippen LogP contribution in [0.4, 0.5) is 5.69 Å². The fourth-order valence-corrected chi connectivity index (χ4v) is 2.39. The van der Waals surface area contributed by atoms with E-state index >= 15 is 0 Å². The lowest BCUT2D eigenvalue weighted by Gasteiger charge is -2.36. The van der Waals surface area contributed by atoms with E-state index in [0.717, 1.165) is 18.4 Å². The molecule has 0 amide bonds. The molecule has 1 aliphatic heterocycles. The molecule has 0 saturated carbocycles. The number of cyclic esters (lactones) is 1. The van der Waals surface area contributed by atoms with Crippen LogP contribution in [-0.2, 0) is 14.3 Å². The number of anilines is 1. The van der Waals surface area contributed by atoms with E-state index in [0.29, 0.717) is 31.4 Å². The Bertz CT molecular complexity index is 533. The monoisotopic (exact) mass is 272 g/mol. The van der Waals surface area contributed by atoms with Crippen molar-refractivity contribution >= 4 is 17.9 Å². The summed E-state index contributed by atoms with van der Waals surface area (Å²) in [5.74, 6) is -0.310. The predicted molar refractivity (Wildman–Crippen MR) is 73.0 cm³/mol. The molecule has 20 heavy (non-hydrogen) atoms. The maximum atomic E-state index is 12.1. The molecule has 1 aromatic rings. The summed E-state index contributed by atoms with van der Waals surface area (Å²) in [6.45, 7) is 0.427. The topological polar surface area (TPSA) is 79.2 Å². The van der Waals surface area contributed by atoms with Gasteiger partial charge >= 0.3 is 5.97 Å². The van der Waals surface area contributed by atoms with Gasteiger partial charge in [-0.25, -0.2) is 4.79 Å². The summed E-state index contributed by atoms with van der Waals surface area (Å²) in [6, 6.07) is 8.92. The Labute approximate surface area is 117 Å². The van der Waals surface area contributed by atoms with E-state index in [1.165, 1.54) is 0 Å². The molecule has 0 spiro atoms. The molecule has 5 heteroatoms. The van der Waals surface area contributed by atoms with Gasteiger partial charge in [0.1, 0.15) is 11.8 Å². The highest BCUT2D eigenvalue weighted by Gasteiger charge is 2.41. The molecule has 1 unspecified atom stereocenters. The standard InChI is InChI=1S/C15H16N2O3/c16-11-12-3-5-13(6-4-12)17-15(7-1-9-18)8-2-10-20-14(15)19/h3-6,9,17H,1-2,7-8,10H2. The molecule has 0 bridgehead atoms. The fourth-order valence-electron chi connectivity index (χ4n) is 2.39. The number of nitrogens with one attached hydrogen (secondary N) is 1. The Morgan fingerprint density at radius 2 is 2.15 bits per heavy atom. The van der Waals surface area contributed by atoms with Gasteiger partial charge in [-0.2, -0.15) is 5.26 Å². The average molecular weight is 272 g/mol. The maximum Gasteiger partial charge on any atom is 0.331 e. The van der Waals surface area contributed by atoms with Crippen molar-refractivity contribution in [2.75, 3.05) is 11.9 Å². The van der Waals surface area contributed by atoms with Crippen molar-refractivity contribution in [2.24, 2.45) is 0 Å². The summed E-state index contributed by atoms with van der Waals surface area (Å²) in [6.07, 6.45) is 2.94. The van der Waals surface area contributed by atoms with Crippen molar-refractivity contribution < 1.29 is 14.3 Å². The van der Waals surface area contributed by atoms with Gasteiger partial charge in [-0.1, -0.05) is 0 Å². The SMILES string of the molecule is N#Cc1ccc(NC2(CCC=O)CCCOC2=O)cc1. The van der Waals surface area contributed by atoms with Crippen LogP contribution in [0.2, 0.25) is 0 Å². The molecule has 0 radical (unpaired) electrons. The first-order valence-electron chi connectivity index (χ1n) is 6.59. The maximum absolute atomic E-state index is 12.1. The number of benzene rings is 1. The number of nitriles is 1. The summed E-state index contributed by atoms with van der Waals surface area (Å²) in [5.41, 5.74) is 0.463. The normalized spacial score (nSPS) is 21.6. The minimum absolute atomic E-state index is 0.304. The number of ether oxygens (including phenoxy) is 1. The van der Waals surface area contributed by atoms with Crippen LogP contribution >= 0.6 is 0 Å². The van der Waals surface area contributed by atoms with Crippen molar-refractivity contribution in [3.8, 4) is 6.07 Å². The second-order valence-electron chi connectivity index (χ2n) is 4.84. The highest BCUT2D eigenvalue weighted by Crippen LogP contribution is 2.30. The van der Waals surface area contributed by atoms with Crippen LogP contribution in [0.15, 0.2) is 24.3 Å². The van der Waals surface area contributed by atoms with Gasteiger partial charge in [0, 0.05) is 12.1 Å². The Kier molecular flexibility index (Phi) is 4.36. The van der Waals surface area contributed by atoms with Gasteiger partial charge < -0.3 is 14.8 Å². The second-order valence-corrected chi connectivity index (χ2v) is 4.84. The lowest BCUT2D eigenvalue weighted by Crippen LogP contribution is -2.50. The molecule has 1 aromatic carbocycles. The third-order valence-corrected chi connectivity index (χ3v) is 3.46. The predicted octanol–water partition coefficient (Wildman–Crippen LogP) is 2.03. The number of esters is 1. The van der Waals surface area contributed by atoms with E-state index in [4.69, 9.17) is 10.00 Å². The minimum Gasteiger partial charge on any atom is -0.464 e. The van der Waals surface area contributed by atoms with Crippen LogP contribution in [-0.4, -0.2) is 24.4 Å². The summed E-state index contributed by atoms with van der Waals surface area (Å²) >= 11 is 0. The molecule has 1 aliphatic rings. The molecule has 1 fully saturated rings. The Balaban J connectivity index is 2.20. The first-order valence-corrected chi connectivity index (χ1v) is 6.59.